The van der Waals surface area contributed by atoms with Gasteiger partial charge in [-0.1, -0.05) is 41.5 Å². The smallest absolute Gasteiger partial charge is 0.422 e. The molecule has 0 aliphatic carbocycles. The number of ether oxygens (including phenoxy) is 2. The second kappa shape index (κ2) is 8.94. The number of alkyl halides is 8. The maximum Gasteiger partial charge on any atom is 0.494 e. The SMILES string of the molecule is COS(=O)(=O)C(F)(F)C(F)(F)OC(F)(F)C(F)(F)Oc1c(F)c(C(C)(C)C)cc(F)c1C(C)(C)C. The Balaban J connectivity index is 3.69. The second-order valence-corrected chi connectivity index (χ2v) is 11.1. The largest absolute Gasteiger partial charge is 0.494 e. The molecule has 0 saturated heterocycles. The van der Waals surface area contributed by atoms with Crippen molar-refractivity contribution < 1.29 is 66.0 Å². The van der Waals surface area contributed by atoms with E-state index in [-0.39, 0.29) is 7.11 Å². The minimum absolute atomic E-state index is 0.0389. The van der Waals surface area contributed by atoms with E-state index in [2.05, 4.69) is 13.7 Å². The van der Waals surface area contributed by atoms with Gasteiger partial charge in [0.25, 0.3) is 0 Å². The molecule has 1 aromatic rings. The third-order valence-electron chi connectivity index (χ3n) is 4.43. The van der Waals surface area contributed by atoms with E-state index in [4.69, 9.17) is 0 Å². The van der Waals surface area contributed by atoms with E-state index in [0.717, 1.165) is 20.8 Å². The Morgan fingerprint density at radius 1 is 0.743 bits per heavy atom. The summed E-state index contributed by atoms with van der Waals surface area (Å²) in [6.07, 6.45) is -19.9. The molecule has 0 aromatic heterocycles. The predicted molar refractivity (Wildman–Crippen MR) is 101 cm³/mol. The lowest BCUT2D eigenvalue weighted by Gasteiger charge is -2.33. The molecule has 1 aromatic carbocycles. The lowest BCUT2D eigenvalue weighted by Crippen LogP contribution is -2.57. The van der Waals surface area contributed by atoms with Crippen molar-refractivity contribution >= 4 is 10.1 Å². The minimum Gasteiger partial charge on any atom is -0.422 e. The van der Waals surface area contributed by atoms with Gasteiger partial charge in [0.1, 0.15) is 5.82 Å². The molecule has 0 N–H and O–H groups in total. The van der Waals surface area contributed by atoms with Gasteiger partial charge in [-0.25, -0.2) is 13.5 Å². The molecule has 0 heterocycles. The van der Waals surface area contributed by atoms with Crippen LogP contribution in [0.1, 0.15) is 52.7 Å². The van der Waals surface area contributed by atoms with Crippen molar-refractivity contribution in [1.82, 2.24) is 0 Å². The monoisotopic (exact) mass is 552 g/mol. The molecular formula is C19H22F10O5S. The van der Waals surface area contributed by atoms with Crippen molar-refractivity contribution in [2.24, 2.45) is 0 Å². The van der Waals surface area contributed by atoms with Gasteiger partial charge in [0.15, 0.2) is 11.6 Å². The first kappa shape index (κ1) is 31.2. The Morgan fingerprint density at radius 3 is 1.57 bits per heavy atom. The van der Waals surface area contributed by atoms with Crippen LogP contribution in [0.2, 0.25) is 0 Å². The van der Waals surface area contributed by atoms with Gasteiger partial charge in [-0.3, -0.25) is 4.18 Å². The molecule has 5 nitrogen and oxygen atoms in total. The molecule has 35 heavy (non-hydrogen) atoms. The van der Waals surface area contributed by atoms with Crippen molar-refractivity contribution in [3.8, 4) is 5.75 Å². The van der Waals surface area contributed by atoms with Crippen LogP contribution in [-0.4, -0.2) is 39.1 Å². The van der Waals surface area contributed by atoms with Crippen molar-refractivity contribution in [2.45, 2.75) is 76.0 Å². The molecule has 0 bridgehead atoms. The average molecular weight is 552 g/mol. The maximum absolute atomic E-state index is 15.1. The maximum atomic E-state index is 15.1. The van der Waals surface area contributed by atoms with Crippen molar-refractivity contribution in [1.29, 1.82) is 0 Å². The van der Waals surface area contributed by atoms with Crippen molar-refractivity contribution in [2.75, 3.05) is 7.11 Å². The quantitative estimate of drug-likeness (QED) is 0.280. The van der Waals surface area contributed by atoms with E-state index in [1.165, 1.54) is 20.8 Å². The van der Waals surface area contributed by atoms with Gasteiger partial charge in [-0.2, -0.15) is 43.5 Å². The zero-order valence-electron chi connectivity index (χ0n) is 19.3. The summed E-state index contributed by atoms with van der Waals surface area (Å²) in [6, 6.07) is 0.597. The van der Waals surface area contributed by atoms with Gasteiger partial charge in [-0.15, -0.1) is 0 Å². The molecule has 16 heteroatoms. The zero-order valence-corrected chi connectivity index (χ0v) is 20.1. The Bertz CT molecular complexity index is 1060. The Hall–Kier alpha value is -1.81. The average Bonchev–Trinajstić information content (AvgIpc) is 2.60. The van der Waals surface area contributed by atoms with Gasteiger partial charge < -0.3 is 4.74 Å². The molecule has 204 valence electrons. The standard InChI is InChI=1S/C19H22F10O5S/c1-14(2,3)9-8-10(20)11(15(4,5)6)13(12(9)21)33-16(22,23)17(24,25)34-18(26,27)19(28,29)35(30,31)32-7/h8H,1-7H3. The summed E-state index contributed by atoms with van der Waals surface area (Å²) in [5.74, 6) is -4.98. The summed E-state index contributed by atoms with van der Waals surface area (Å²) in [6.45, 7) is 7.31. The lowest BCUT2D eigenvalue weighted by atomic mass is 9.80. The Morgan fingerprint density at radius 2 is 1.20 bits per heavy atom. The van der Waals surface area contributed by atoms with E-state index >= 15 is 4.39 Å². The fraction of sp³-hybridized carbons (Fsp3) is 0.684. The second-order valence-electron chi connectivity index (χ2n) is 9.32. The van der Waals surface area contributed by atoms with Crippen LogP contribution in [0, 0.1) is 11.6 Å². The van der Waals surface area contributed by atoms with Crippen LogP contribution < -0.4 is 4.74 Å². The molecule has 0 atom stereocenters. The highest BCUT2D eigenvalue weighted by molar-refractivity contribution is 7.87. The van der Waals surface area contributed by atoms with E-state index in [1.54, 1.807) is 0 Å². The number of halogens is 10. The molecule has 0 radical (unpaired) electrons. The first-order chi connectivity index (χ1) is 15.2. The number of benzene rings is 1. The highest BCUT2D eigenvalue weighted by atomic mass is 32.2. The molecule has 0 unspecified atom stereocenters. The predicted octanol–water partition coefficient (Wildman–Crippen LogP) is 6.30. The van der Waals surface area contributed by atoms with E-state index in [0.29, 0.717) is 6.07 Å². The molecule has 0 fully saturated rings. The number of hydrogen-bond donors (Lipinski definition) is 0. The minimum atomic E-state index is -6.80. The molecule has 1 rings (SSSR count). The first-order valence-corrected chi connectivity index (χ1v) is 10.8. The van der Waals surface area contributed by atoms with Crippen molar-refractivity contribution in [3.63, 3.8) is 0 Å². The lowest BCUT2D eigenvalue weighted by molar-refractivity contribution is -0.484. The van der Waals surface area contributed by atoms with Crippen molar-refractivity contribution in [3.05, 3.63) is 28.8 Å². The molecule has 0 saturated carbocycles. The van der Waals surface area contributed by atoms with Crippen LogP contribution in [0.3, 0.4) is 0 Å². The summed E-state index contributed by atoms with van der Waals surface area (Å²) in [5, 5.41) is -6.58. The number of hydrogen-bond acceptors (Lipinski definition) is 5. The third kappa shape index (κ3) is 5.79. The van der Waals surface area contributed by atoms with E-state index in [1.807, 2.05) is 0 Å². The van der Waals surface area contributed by atoms with Gasteiger partial charge >= 0.3 is 33.7 Å². The third-order valence-corrected chi connectivity index (χ3v) is 5.73. The normalized spacial score (nSPS) is 14.9. The van der Waals surface area contributed by atoms with Crippen LogP contribution in [0.5, 0.6) is 5.75 Å². The van der Waals surface area contributed by atoms with Crippen LogP contribution in [-0.2, 0) is 29.9 Å². The molecule has 0 amide bonds. The fourth-order valence-corrected chi connectivity index (χ4v) is 3.20. The number of rotatable bonds is 8. The Kier molecular flexibility index (Phi) is 7.97. The molecule has 0 aliphatic rings. The van der Waals surface area contributed by atoms with E-state index < -0.39 is 73.0 Å². The molecule has 0 spiro atoms. The summed E-state index contributed by atoms with van der Waals surface area (Å²) < 4.78 is 172. The van der Waals surface area contributed by atoms with Crippen LogP contribution >= 0.6 is 0 Å². The topological polar surface area (TPSA) is 61.8 Å². The van der Waals surface area contributed by atoms with E-state index in [9.17, 15) is 47.9 Å². The van der Waals surface area contributed by atoms with Crippen LogP contribution in [0.25, 0.3) is 0 Å². The van der Waals surface area contributed by atoms with Gasteiger partial charge in [-0.05, 0) is 22.5 Å². The van der Waals surface area contributed by atoms with Crippen LogP contribution in [0.4, 0.5) is 43.9 Å². The van der Waals surface area contributed by atoms with Gasteiger partial charge in [0.2, 0.25) is 0 Å². The zero-order chi connectivity index (χ0) is 28.2. The Labute approximate surface area is 194 Å². The summed E-state index contributed by atoms with van der Waals surface area (Å²) in [7, 11) is -6.67. The first-order valence-electron chi connectivity index (χ1n) is 9.40. The van der Waals surface area contributed by atoms with Gasteiger partial charge in [0, 0.05) is 5.56 Å². The molecular weight excluding hydrogens is 530 g/mol. The fourth-order valence-electron chi connectivity index (χ4n) is 2.66. The summed E-state index contributed by atoms with van der Waals surface area (Å²) >= 11 is 0. The highest BCUT2D eigenvalue weighted by Crippen LogP contribution is 2.49. The van der Waals surface area contributed by atoms with Gasteiger partial charge in [0.05, 0.1) is 7.11 Å². The molecule has 0 aliphatic heterocycles. The summed E-state index contributed by atoms with van der Waals surface area (Å²) in [4.78, 5) is 0. The van der Waals surface area contributed by atoms with Crippen LogP contribution in [0.15, 0.2) is 6.07 Å². The summed E-state index contributed by atoms with van der Waals surface area (Å²) in [5.41, 5.74) is -4.55. The highest BCUT2D eigenvalue weighted by Gasteiger charge is 2.75.